The van der Waals surface area contributed by atoms with E-state index >= 15 is 0 Å². The first-order valence-corrected chi connectivity index (χ1v) is 10.7. The van der Waals surface area contributed by atoms with Crippen molar-refractivity contribution >= 4 is 15.0 Å². The molecule has 0 aliphatic heterocycles. The Kier molecular flexibility index (Phi) is 4.74. The number of hydrogen-bond acceptors (Lipinski definition) is 1. The predicted octanol–water partition coefficient (Wildman–Crippen LogP) is 5.38. The molecule has 2 heteroatoms. The number of ether oxygens (including phenoxy) is 1. The minimum absolute atomic E-state index is 0.264. The summed E-state index contributed by atoms with van der Waals surface area (Å²) in [6, 6.07) is 10.8. The molecule has 3 aliphatic rings. The average Bonchev–Trinajstić information content (AvgIpc) is 2.50. The first-order chi connectivity index (χ1) is 10.4. The topological polar surface area (TPSA) is 9.23 Å². The normalized spacial score (nSPS) is 35.5. The number of fused-ring (bicyclic) bond motifs is 2. The Hall–Kier alpha value is -0.301. The van der Waals surface area contributed by atoms with E-state index in [4.69, 9.17) is 4.74 Å². The fourth-order valence-corrected chi connectivity index (χ4v) is 8.53. The van der Waals surface area contributed by atoms with Gasteiger partial charge in [-0.15, -0.1) is 0 Å². The molecule has 1 nitrogen and oxygen atoms in total. The summed E-state index contributed by atoms with van der Waals surface area (Å²) in [5.41, 5.74) is 1.95. The van der Waals surface area contributed by atoms with Gasteiger partial charge < -0.3 is 0 Å². The summed E-state index contributed by atoms with van der Waals surface area (Å²) in [5, 5.41) is 0. The van der Waals surface area contributed by atoms with E-state index in [9.17, 15) is 0 Å². The van der Waals surface area contributed by atoms with Gasteiger partial charge in [0, 0.05) is 0 Å². The fraction of sp³-hybridized carbons (Fsp3) is 0.700. The van der Waals surface area contributed by atoms with Gasteiger partial charge in [0.05, 0.1) is 0 Å². The van der Waals surface area contributed by atoms with Gasteiger partial charge in [-0.3, -0.25) is 0 Å². The van der Waals surface area contributed by atoms with Gasteiger partial charge in [0.25, 0.3) is 0 Å². The molecule has 0 aromatic heterocycles. The van der Waals surface area contributed by atoms with E-state index in [-0.39, 0.29) is 6.10 Å². The summed E-state index contributed by atoms with van der Waals surface area (Å²) >= 11 is 0.656. The van der Waals surface area contributed by atoms with Crippen molar-refractivity contribution in [2.24, 2.45) is 23.2 Å². The van der Waals surface area contributed by atoms with E-state index in [2.05, 4.69) is 58.0 Å². The first kappa shape index (κ1) is 16.6. The molecule has 3 fully saturated rings. The van der Waals surface area contributed by atoms with E-state index in [1.54, 1.807) is 0 Å². The fourth-order valence-electron chi connectivity index (χ4n) is 4.87. The molecule has 6 atom stereocenters. The van der Waals surface area contributed by atoms with Gasteiger partial charge in [-0.25, -0.2) is 0 Å². The van der Waals surface area contributed by atoms with Crippen LogP contribution < -0.4 is 0 Å². The van der Waals surface area contributed by atoms with Gasteiger partial charge in [0.1, 0.15) is 0 Å². The zero-order valence-electron chi connectivity index (χ0n) is 14.6. The molecule has 0 N–H and O–H groups in total. The molecule has 2 bridgehead atoms. The van der Waals surface area contributed by atoms with Crippen molar-refractivity contribution in [2.75, 3.05) is 7.11 Å². The minimum atomic E-state index is 0.264. The van der Waals surface area contributed by atoms with Crippen LogP contribution in [0.5, 0.6) is 0 Å². The first-order valence-electron chi connectivity index (χ1n) is 8.68. The van der Waals surface area contributed by atoms with Gasteiger partial charge in [0.2, 0.25) is 0 Å². The average molecular weight is 365 g/mol. The van der Waals surface area contributed by atoms with Crippen molar-refractivity contribution in [1.29, 1.82) is 0 Å². The molecule has 22 heavy (non-hydrogen) atoms. The number of benzene rings is 1. The molecule has 122 valence electrons. The Morgan fingerprint density at radius 1 is 1.18 bits per heavy atom. The van der Waals surface area contributed by atoms with Crippen LogP contribution >= 0.6 is 0 Å². The summed E-state index contributed by atoms with van der Waals surface area (Å²) in [7, 11) is 1.87. The van der Waals surface area contributed by atoms with Crippen LogP contribution in [-0.4, -0.2) is 22.1 Å². The molecule has 0 amide bonds. The Morgan fingerprint density at radius 3 is 2.41 bits per heavy atom. The van der Waals surface area contributed by atoms with Gasteiger partial charge in [-0.2, -0.15) is 0 Å². The molecule has 1 aromatic carbocycles. The van der Waals surface area contributed by atoms with Crippen molar-refractivity contribution in [1.82, 2.24) is 0 Å². The second-order valence-electron chi connectivity index (χ2n) is 7.90. The van der Waals surface area contributed by atoms with E-state index in [0.29, 0.717) is 25.2 Å². The maximum atomic E-state index is 5.87. The van der Waals surface area contributed by atoms with Crippen molar-refractivity contribution < 1.29 is 4.74 Å². The molecular formula is C20H30OSe. The zero-order chi connectivity index (χ0) is 15.9. The van der Waals surface area contributed by atoms with Crippen LogP contribution in [0.1, 0.15) is 52.2 Å². The molecule has 3 aliphatic carbocycles. The zero-order valence-corrected chi connectivity index (χ0v) is 16.3. The van der Waals surface area contributed by atoms with Crippen LogP contribution in [0.4, 0.5) is 0 Å². The molecule has 3 saturated carbocycles. The monoisotopic (exact) mass is 366 g/mol. The third-order valence-electron chi connectivity index (χ3n) is 6.48. The number of rotatable bonds is 5. The van der Waals surface area contributed by atoms with Crippen molar-refractivity contribution in [3.05, 3.63) is 35.9 Å². The standard InChI is InChI=1S/C20H30OSe/c1-13-17-11-16(20(17,3)4)12-18(13)22-14(2)19(21-5)15-9-7-6-8-10-15/h6-10,13-14,16-19H,11-12H2,1-5H3/t13-,14?,16+,17-,18+,19?/m1/s1. The van der Waals surface area contributed by atoms with Gasteiger partial charge in [0.15, 0.2) is 0 Å². The summed E-state index contributed by atoms with van der Waals surface area (Å²) in [6.45, 7) is 9.92. The van der Waals surface area contributed by atoms with Crippen LogP contribution in [0.2, 0.25) is 9.63 Å². The van der Waals surface area contributed by atoms with Crippen LogP contribution in [0, 0.1) is 23.2 Å². The van der Waals surface area contributed by atoms with E-state index in [1.165, 1.54) is 18.4 Å². The van der Waals surface area contributed by atoms with Crippen LogP contribution in [0.3, 0.4) is 0 Å². The Labute approximate surface area is 142 Å². The summed E-state index contributed by atoms with van der Waals surface area (Å²) in [6.07, 6.45) is 3.21. The second kappa shape index (κ2) is 6.30. The Balaban J connectivity index is 1.66. The maximum absolute atomic E-state index is 5.87. The molecular weight excluding hydrogens is 335 g/mol. The van der Waals surface area contributed by atoms with Gasteiger partial charge >= 0.3 is 142 Å². The van der Waals surface area contributed by atoms with E-state index < -0.39 is 0 Å². The molecule has 0 radical (unpaired) electrons. The number of methoxy groups -OCH3 is 1. The van der Waals surface area contributed by atoms with E-state index in [0.717, 1.165) is 22.6 Å². The third kappa shape index (κ3) is 2.79. The molecule has 0 saturated heterocycles. The van der Waals surface area contributed by atoms with Crippen LogP contribution in [0.25, 0.3) is 0 Å². The summed E-state index contributed by atoms with van der Waals surface area (Å²) < 4.78 is 5.87. The molecule has 0 heterocycles. The van der Waals surface area contributed by atoms with Crippen molar-refractivity contribution in [3.63, 3.8) is 0 Å². The number of hydrogen-bond donors (Lipinski definition) is 0. The van der Waals surface area contributed by atoms with Crippen LogP contribution in [-0.2, 0) is 4.74 Å². The third-order valence-corrected chi connectivity index (χ3v) is 9.94. The second-order valence-corrected chi connectivity index (χ2v) is 11.3. The molecule has 4 rings (SSSR count). The summed E-state index contributed by atoms with van der Waals surface area (Å²) in [4.78, 5) is 1.59. The molecule has 1 aromatic rings. The quantitative estimate of drug-likeness (QED) is 0.637. The van der Waals surface area contributed by atoms with Crippen molar-refractivity contribution in [2.45, 2.75) is 56.3 Å². The summed E-state index contributed by atoms with van der Waals surface area (Å²) in [5.74, 6) is 2.84. The molecule has 0 spiro atoms. The Bertz CT molecular complexity index is 498. The van der Waals surface area contributed by atoms with Crippen LogP contribution in [0.15, 0.2) is 30.3 Å². The SMILES string of the molecule is COC(c1ccccc1)C(C)[Se][C@H]1C[C@@H]2C[C@H]([C@H]1C)C2(C)C. The van der Waals surface area contributed by atoms with E-state index in [1.807, 2.05) is 7.11 Å². The van der Waals surface area contributed by atoms with Gasteiger partial charge in [-0.1, -0.05) is 0 Å². The van der Waals surface area contributed by atoms with Gasteiger partial charge in [-0.05, 0) is 0 Å². The molecule has 2 unspecified atom stereocenters. The predicted molar refractivity (Wildman–Crippen MR) is 94.3 cm³/mol. The Morgan fingerprint density at radius 2 is 1.86 bits per heavy atom. The van der Waals surface area contributed by atoms with Crippen molar-refractivity contribution in [3.8, 4) is 0 Å².